The van der Waals surface area contributed by atoms with Gasteiger partial charge in [-0.2, -0.15) is 5.10 Å². The summed E-state index contributed by atoms with van der Waals surface area (Å²) in [4.78, 5) is 81.2. The summed E-state index contributed by atoms with van der Waals surface area (Å²) in [6, 6.07) is 26.6. The highest BCUT2D eigenvalue weighted by atomic mass is 32.1. The third-order valence-corrected chi connectivity index (χ3v) is 15.9. The predicted octanol–water partition coefficient (Wildman–Crippen LogP) is 11.5. The second kappa shape index (κ2) is 33.5. The molecule has 3 aliphatic rings. The number of hydrogen-bond donors (Lipinski definition) is 0. The van der Waals surface area contributed by atoms with Crippen molar-refractivity contribution in [2.75, 3.05) is 57.8 Å². The van der Waals surface area contributed by atoms with Crippen molar-refractivity contribution in [3.05, 3.63) is 122 Å². The Balaban J connectivity index is 0.819. The number of fused-ring (bicyclic) bond motifs is 1. The lowest BCUT2D eigenvalue weighted by Gasteiger charge is -2.26. The molecule has 4 aromatic carbocycles. The van der Waals surface area contributed by atoms with Gasteiger partial charge >= 0.3 is 29.8 Å². The molecule has 0 N–H and O–H groups in total. The zero-order valence-electron chi connectivity index (χ0n) is 47.9. The Morgan fingerprint density at radius 1 is 0.553 bits per heavy atom. The molecule has 5 aromatic rings. The van der Waals surface area contributed by atoms with Crippen molar-refractivity contribution >= 4 is 68.5 Å². The van der Waals surface area contributed by atoms with Gasteiger partial charge in [0.25, 0.3) is 0 Å². The number of anilines is 1. The number of rotatable bonds is 33. The van der Waals surface area contributed by atoms with Crippen molar-refractivity contribution in [1.82, 2.24) is 4.98 Å². The second-order valence-corrected chi connectivity index (χ2v) is 22.0. The van der Waals surface area contributed by atoms with Crippen LogP contribution in [0.1, 0.15) is 108 Å². The van der Waals surface area contributed by atoms with Crippen molar-refractivity contribution in [1.29, 1.82) is 0 Å². The molecular weight excluding hydrogens is 1110 g/mol. The Morgan fingerprint density at radius 3 is 1.54 bits per heavy atom. The fraction of sp³-hybridized carbons (Fsp3) is 0.446. The number of para-hydroxylation sites is 1. The molecule has 0 radical (unpaired) electrons. The van der Waals surface area contributed by atoms with Crippen LogP contribution < -0.4 is 33.4 Å². The average molecular weight is 1190 g/mol. The lowest BCUT2D eigenvalue weighted by atomic mass is 9.80. The summed E-state index contributed by atoms with van der Waals surface area (Å²) in [6.45, 7) is 9.49. The molecule has 1 aromatic heterocycles. The maximum atomic E-state index is 13.9. The third kappa shape index (κ3) is 20.4. The van der Waals surface area contributed by atoms with E-state index in [1.54, 1.807) is 78.0 Å². The summed E-state index contributed by atoms with van der Waals surface area (Å²) in [7, 11) is 0. The SMILES string of the molecule is C=CC(=O)OCCCCCCOc1ccc(OC(=O)[C@H]2CC[C@H](C(=O)COc3ccc(OC(=O)[C@H]4CC[C@H](C(=O)Oc5ccc(OCCCCCCOC(=O)C=C)cc5)CC4)c(/C=N/N(CC4OCCO4)c4nc5ccccc5s4)c3)CC2)cc1. The first-order valence-electron chi connectivity index (χ1n) is 29.4. The van der Waals surface area contributed by atoms with Crippen LogP contribution in [-0.4, -0.2) is 106 Å². The molecule has 0 bridgehead atoms. The van der Waals surface area contributed by atoms with Crippen molar-refractivity contribution in [3.8, 4) is 34.5 Å². The van der Waals surface area contributed by atoms with Gasteiger partial charge < -0.3 is 47.4 Å². The third-order valence-electron chi connectivity index (χ3n) is 14.9. The smallest absolute Gasteiger partial charge is 0.330 e. The van der Waals surface area contributed by atoms with E-state index >= 15 is 0 Å². The number of ether oxygens (including phenoxy) is 10. The van der Waals surface area contributed by atoms with E-state index in [0.717, 1.165) is 73.7 Å². The van der Waals surface area contributed by atoms with Crippen LogP contribution in [0.5, 0.6) is 34.5 Å². The van der Waals surface area contributed by atoms with Crippen LogP contribution in [0.25, 0.3) is 10.2 Å². The highest BCUT2D eigenvalue weighted by Gasteiger charge is 2.34. The normalized spacial score (nSPS) is 17.8. The number of unbranched alkanes of at least 4 members (excludes halogenated alkanes) is 6. The lowest BCUT2D eigenvalue weighted by Crippen LogP contribution is -2.31. The maximum Gasteiger partial charge on any atom is 0.330 e. The molecule has 2 aliphatic carbocycles. The number of carbonyl (C=O) groups excluding carboxylic acids is 6. The van der Waals surface area contributed by atoms with Gasteiger partial charge in [-0.3, -0.25) is 19.2 Å². The van der Waals surface area contributed by atoms with Crippen LogP contribution in [-0.2, 0) is 47.7 Å². The Hall–Kier alpha value is -7.94. The monoisotopic (exact) mass is 1190 g/mol. The number of ketones is 1. The molecule has 0 amide bonds. The van der Waals surface area contributed by atoms with E-state index in [1.165, 1.54) is 11.3 Å². The Bertz CT molecular complexity index is 3000. The number of hydrogen-bond acceptors (Lipinski definition) is 20. The fourth-order valence-electron chi connectivity index (χ4n) is 9.99. The molecule has 20 heteroatoms. The number of hydrazone groups is 1. The summed E-state index contributed by atoms with van der Waals surface area (Å²) in [6.07, 6.45) is 14.0. The summed E-state index contributed by atoms with van der Waals surface area (Å²) in [5.74, 6) is -0.861. The largest absolute Gasteiger partial charge is 0.494 e. The van der Waals surface area contributed by atoms with E-state index in [1.807, 2.05) is 24.3 Å². The van der Waals surface area contributed by atoms with Gasteiger partial charge in [-0.25, -0.2) is 19.6 Å². The topological polar surface area (TPSA) is 223 Å². The second-order valence-electron chi connectivity index (χ2n) is 21.0. The van der Waals surface area contributed by atoms with Gasteiger partial charge in [0, 0.05) is 23.6 Å². The highest BCUT2D eigenvalue weighted by Crippen LogP contribution is 2.35. The van der Waals surface area contributed by atoms with E-state index in [2.05, 4.69) is 13.2 Å². The minimum absolute atomic E-state index is 0.0922. The van der Waals surface area contributed by atoms with Gasteiger partial charge in [-0.05, 0) is 182 Å². The molecule has 3 fully saturated rings. The number of aromatic nitrogens is 1. The van der Waals surface area contributed by atoms with Gasteiger partial charge in [0.2, 0.25) is 5.13 Å². The molecule has 1 aliphatic heterocycles. The fourth-order valence-corrected chi connectivity index (χ4v) is 10.9. The zero-order chi connectivity index (χ0) is 59.6. The average Bonchev–Trinajstić information content (AvgIpc) is 3.93. The van der Waals surface area contributed by atoms with E-state index in [4.69, 9.17) is 57.5 Å². The predicted molar refractivity (Wildman–Crippen MR) is 318 cm³/mol. The molecule has 1 saturated heterocycles. The minimum Gasteiger partial charge on any atom is -0.494 e. The van der Waals surface area contributed by atoms with E-state index in [-0.39, 0.29) is 48.5 Å². The molecule has 19 nitrogen and oxygen atoms in total. The first-order valence-corrected chi connectivity index (χ1v) is 30.2. The van der Waals surface area contributed by atoms with Crippen LogP contribution >= 0.6 is 11.3 Å². The Labute approximate surface area is 499 Å². The van der Waals surface area contributed by atoms with Crippen LogP contribution in [0.15, 0.2) is 121 Å². The standard InChI is InChI=1S/C65H75N3O16S/c1-3-59(70)77-37-13-7-5-11-35-75-50-25-29-52(30-26-50)82-62(72)46-19-17-45(18-20-46)56(69)44-81-54-33-34-57(49(41-54)42-66-68(43-61-79-39-40-80-61)65-67-55-15-9-10-16-58(55)85-65)84-64(74)48-23-21-47(22-24-48)63(73)83-53-31-27-51(28-32-53)76-36-12-6-8-14-38-78-60(71)4-2/h3-4,9-10,15-16,25-34,41-42,45-48,61H,1-2,5-8,11-14,17-24,35-40,43-44H2/b66-42+/t45-,46-,47-,48-. The zero-order valence-corrected chi connectivity index (χ0v) is 48.8. The summed E-state index contributed by atoms with van der Waals surface area (Å²) in [5.41, 5.74) is 1.21. The van der Waals surface area contributed by atoms with E-state index in [9.17, 15) is 28.8 Å². The molecular formula is C65H75N3O16S. The minimum atomic E-state index is -0.557. The number of carbonyl (C=O) groups is 6. The van der Waals surface area contributed by atoms with Gasteiger partial charge in [0.15, 0.2) is 12.1 Å². The van der Waals surface area contributed by atoms with E-state index < -0.39 is 36.0 Å². The van der Waals surface area contributed by atoms with Crippen LogP contribution in [0.4, 0.5) is 5.13 Å². The van der Waals surface area contributed by atoms with Crippen LogP contribution in [0, 0.1) is 23.7 Å². The highest BCUT2D eigenvalue weighted by molar-refractivity contribution is 7.22. The molecule has 8 rings (SSSR count). The molecule has 2 heterocycles. The molecule has 85 heavy (non-hydrogen) atoms. The van der Waals surface area contributed by atoms with Gasteiger partial charge in [-0.15, -0.1) is 0 Å². The number of nitrogens with zero attached hydrogens (tertiary/aromatic N) is 3. The number of thiazole rings is 1. The first kappa shape index (κ1) is 63.1. The van der Waals surface area contributed by atoms with E-state index in [0.29, 0.717) is 130 Å². The molecule has 0 spiro atoms. The molecule has 0 unspecified atom stereocenters. The number of esters is 5. The van der Waals surface area contributed by atoms with Gasteiger partial charge in [-0.1, -0.05) is 36.6 Å². The quantitative estimate of drug-likeness (QED) is 0.00951. The van der Waals surface area contributed by atoms with Crippen molar-refractivity contribution in [3.63, 3.8) is 0 Å². The summed E-state index contributed by atoms with van der Waals surface area (Å²) in [5, 5.41) is 7.14. The van der Waals surface area contributed by atoms with Crippen LogP contribution in [0.3, 0.4) is 0 Å². The lowest BCUT2D eigenvalue weighted by molar-refractivity contribution is -0.145. The molecule has 2 saturated carbocycles. The van der Waals surface area contributed by atoms with Crippen molar-refractivity contribution in [2.24, 2.45) is 28.8 Å². The summed E-state index contributed by atoms with van der Waals surface area (Å²) < 4.78 is 58.0. The van der Waals surface area contributed by atoms with Crippen LogP contribution in [0.2, 0.25) is 0 Å². The van der Waals surface area contributed by atoms with Gasteiger partial charge in [0.05, 0.1) is 80.4 Å². The number of Topliss-reactive ketones (excluding diaryl/α,β-unsaturated/α-hetero) is 1. The summed E-state index contributed by atoms with van der Waals surface area (Å²) >= 11 is 1.46. The van der Waals surface area contributed by atoms with Gasteiger partial charge in [0.1, 0.15) is 41.1 Å². The molecule has 0 atom stereocenters. The maximum absolute atomic E-state index is 13.9. The Morgan fingerprint density at radius 2 is 1.02 bits per heavy atom. The van der Waals surface area contributed by atoms with Crippen molar-refractivity contribution in [2.45, 2.75) is 109 Å². The Kier molecular flexibility index (Phi) is 24.9. The number of benzene rings is 4. The first-order chi connectivity index (χ1) is 41.5. The van der Waals surface area contributed by atoms with Crippen molar-refractivity contribution < 1.29 is 76.1 Å². The molecule has 452 valence electrons.